The fourth-order valence-corrected chi connectivity index (χ4v) is 6.79. The molecule has 0 radical (unpaired) electrons. The van der Waals surface area contributed by atoms with Crippen LogP contribution in [0.15, 0.2) is 146 Å². The van der Waals surface area contributed by atoms with E-state index in [0.717, 1.165) is 128 Å². The van der Waals surface area contributed by atoms with Crippen molar-refractivity contribution < 1.29 is 32.9 Å². The molecule has 0 saturated carbocycles. The lowest BCUT2D eigenvalue weighted by Gasteiger charge is -2.29. The molecule has 0 spiro atoms. The Labute approximate surface area is 404 Å². The number of carbonyl (C=O) groups excluding carboxylic acids is 1. The van der Waals surface area contributed by atoms with E-state index in [1.807, 2.05) is 27.2 Å². The summed E-state index contributed by atoms with van der Waals surface area (Å²) in [6.07, 6.45) is 72.1. The fourth-order valence-electron chi connectivity index (χ4n) is 6.06. The van der Waals surface area contributed by atoms with E-state index in [2.05, 4.69) is 153 Å². The molecule has 0 aliphatic heterocycles. The molecule has 1 amide bonds. The Hall–Kier alpha value is -3.62. The lowest BCUT2D eigenvalue weighted by molar-refractivity contribution is -0.870. The van der Waals surface area contributed by atoms with Crippen molar-refractivity contribution in [1.29, 1.82) is 0 Å². The average molecular weight is 933 g/mol. The van der Waals surface area contributed by atoms with Gasteiger partial charge in [-0.1, -0.05) is 185 Å². The number of nitrogens with zero attached hydrogens (tertiary/aromatic N) is 1. The number of amides is 1. The third kappa shape index (κ3) is 48.3. The monoisotopic (exact) mass is 933 g/mol. The standard InChI is InChI=1S/C57H93N2O6P/c1-6-8-10-12-14-16-18-19-20-21-22-23-24-25-26-27-28-29-30-31-32-33-34-35-36-37-38-39-41-43-45-47-49-51-57(61)58-55(54-65-66(62,63)64-53-52-59(3,4)5)56(60)50-48-46-44-42-40-17-15-13-11-9-7-2/h8,10-11,13-14,16,19-20,22-23,25-26,28-29,31-32,34-35,37-38,40,42,48,50,55-56,60H,6-7,9,12,15,17-18,21,24,27,30,33,36,39,41,43-47,49,51-54H2,1-5H3,(H-,58,61,62,63)/b10-8-,13-11+,16-14-,20-19-,23-22-,26-25-,29-28-,32-31-,35-34-,38-37-,42-40+,50-48+. The van der Waals surface area contributed by atoms with Crippen LogP contribution in [0.25, 0.3) is 0 Å². The molecule has 0 heterocycles. The molecule has 2 N–H and O–H groups in total. The van der Waals surface area contributed by atoms with Crippen molar-refractivity contribution in [3.8, 4) is 0 Å². The highest BCUT2D eigenvalue weighted by atomic mass is 31.2. The van der Waals surface area contributed by atoms with E-state index >= 15 is 0 Å². The van der Waals surface area contributed by atoms with Gasteiger partial charge >= 0.3 is 0 Å². The van der Waals surface area contributed by atoms with Crippen LogP contribution < -0.4 is 10.2 Å². The zero-order valence-electron chi connectivity index (χ0n) is 42.1. The predicted molar refractivity (Wildman–Crippen MR) is 283 cm³/mol. The van der Waals surface area contributed by atoms with Crippen LogP contribution in [0.2, 0.25) is 0 Å². The Morgan fingerprint density at radius 2 is 0.939 bits per heavy atom. The maximum absolute atomic E-state index is 12.9. The first-order valence-corrected chi connectivity index (χ1v) is 26.7. The lowest BCUT2D eigenvalue weighted by Crippen LogP contribution is -2.45. The van der Waals surface area contributed by atoms with Gasteiger partial charge in [-0.25, -0.2) is 0 Å². The Balaban J connectivity index is 4.29. The number of allylic oxidation sites excluding steroid dienone is 23. The van der Waals surface area contributed by atoms with Gasteiger partial charge in [0, 0.05) is 6.42 Å². The normalized spacial score (nSPS) is 15.3. The van der Waals surface area contributed by atoms with Gasteiger partial charge in [-0.3, -0.25) is 9.36 Å². The first kappa shape index (κ1) is 62.4. The molecule has 0 aliphatic rings. The van der Waals surface area contributed by atoms with Gasteiger partial charge < -0.3 is 28.8 Å². The van der Waals surface area contributed by atoms with Gasteiger partial charge in [0.1, 0.15) is 13.2 Å². The molecule has 0 aromatic heterocycles. The summed E-state index contributed by atoms with van der Waals surface area (Å²) in [5, 5.41) is 13.7. The topological polar surface area (TPSA) is 108 Å². The quantitative estimate of drug-likeness (QED) is 0.0273. The van der Waals surface area contributed by atoms with Gasteiger partial charge in [-0.2, -0.15) is 0 Å². The number of aliphatic hydroxyl groups excluding tert-OH is 1. The number of aliphatic hydroxyl groups is 1. The van der Waals surface area contributed by atoms with Gasteiger partial charge in [-0.05, 0) is 109 Å². The lowest BCUT2D eigenvalue weighted by atomic mass is 10.1. The summed E-state index contributed by atoms with van der Waals surface area (Å²) in [7, 11) is 1.19. The SMILES string of the molecule is CC/C=C\C/C=C\C/C=C\C/C=C\C/C=C\C/C=C\C/C=C\C/C=C\C/C=C\CCCCCCCC(=O)NC(COP(=O)([O-])OCC[N+](C)(C)C)C(O)/C=C/CC/C=C/CC/C=C/CCC. The van der Waals surface area contributed by atoms with E-state index in [1.54, 1.807) is 6.08 Å². The van der Waals surface area contributed by atoms with E-state index in [4.69, 9.17) is 9.05 Å². The summed E-state index contributed by atoms with van der Waals surface area (Å²) >= 11 is 0. The minimum atomic E-state index is -4.62. The molecule has 0 saturated heterocycles. The van der Waals surface area contributed by atoms with Gasteiger partial charge in [0.15, 0.2) is 0 Å². The molecule has 0 aromatic carbocycles. The first-order chi connectivity index (χ1) is 32.0. The van der Waals surface area contributed by atoms with Crippen LogP contribution >= 0.6 is 7.82 Å². The average Bonchev–Trinajstić information content (AvgIpc) is 3.28. The van der Waals surface area contributed by atoms with Crippen LogP contribution in [0.5, 0.6) is 0 Å². The smallest absolute Gasteiger partial charge is 0.268 e. The molecule has 0 rings (SSSR count). The Kier molecular flexibility index (Phi) is 43.9. The number of rotatable bonds is 43. The molecule has 0 aromatic rings. The zero-order chi connectivity index (χ0) is 48.5. The van der Waals surface area contributed by atoms with Crippen molar-refractivity contribution in [2.24, 2.45) is 0 Å². The molecule has 0 bridgehead atoms. The summed E-state index contributed by atoms with van der Waals surface area (Å²) in [6.45, 7) is 4.37. The van der Waals surface area contributed by atoms with Crippen molar-refractivity contribution in [3.05, 3.63) is 146 Å². The van der Waals surface area contributed by atoms with Crippen molar-refractivity contribution in [1.82, 2.24) is 5.32 Å². The van der Waals surface area contributed by atoms with E-state index < -0.39 is 26.6 Å². The maximum atomic E-state index is 12.9. The maximum Gasteiger partial charge on any atom is 0.268 e. The van der Waals surface area contributed by atoms with E-state index in [9.17, 15) is 19.4 Å². The van der Waals surface area contributed by atoms with Crippen LogP contribution in [-0.2, 0) is 18.4 Å². The molecule has 9 heteroatoms. The first-order valence-electron chi connectivity index (χ1n) is 25.2. The van der Waals surface area contributed by atoms with E-state index in [1.165, 1.54) is 0 Å². The molecule has 66 heavy (non-hydrogen) atoms. The molecular weight excluding hydrogens is 840 g/mol. The van der Waals surface area contributed by atoms with Crippen LogP contribution in [0.1, 0.15) is 155 Å². The molecule has 8 nitrogen and oxygen atoms in total. The van der Waals surface area contributed by atoms with E-state index in [-0.39, 0.29) is 12.5 Å². The highest BCUT2D eigenvalue weighted by Crippen LogP contribution is 2.38. The Morgan fingerprint density at radius 1 is 0.545 bits per heavy atom. The minimum absolute atomic E-state index is 0.0221. The van der Waals surface area contributed by atoms with Crippen molar-refractivity contribution in [3.63, 3.8) is 0 Å². The second-order valence-corrected chi connectivity index (χ2v) is 18.8. The number of hydrogen-bond acceptors (Lipinski definition) is 6. The van der Waals surface area contributed by atoms with Crippen LogP contribution in [0.4, 0.5) is 0 Å². The van der Waals surface area contributed by atoms with Gasteiger partial charge in [0.05, 0.1) is 39.9 Å². The molecule has 0 aliphatic carbocycles. The van der Waals surface area contributed by atoms with Crippen molar-refractivity contribution in [2.75, 3.05) is 40.9 Å². The number of quaternary nitrogens is 1. The number of phosphoric ester groups is 1. The summed E-state index contributed by atoms with van der Waals surface area (Å²) in [4.78, 5) is 25.3. The van der Waals surface area contributed by atoms with Gasteiger partial charge in [0.25, 0.3) is 7.82 Å². The van der Waals surface area contributed by atoms with Gasteiger partial charge in [0.2, 0.25) is 5.91 Å². The fraction of sp³-hybridized carbons (Fsp3) is 0.561. The number of nitrogens with one attached hydrogen (secondary N) is 1. The summed E-state index contributed by atoms with van der Waals surface area (Å²) in [5.74, 6) is -0.241. The Bertz CT molecular complexity index is 1570. The second-order valence-electron chi connectivity index (χ2n) is 17.4. The van der Waals surface area contributed by atoms with E-state index in [0.29, 0.717) is 23.9 Å². The number of unbranched alkanes of at least 4 members (excludes halogenated alkanes) is 8. The number of carbonyl (C=O) groups is 1. The Morgan fingerprint density at radius 3 is 1.39 bits per heavy atom. The van der Waals surface area contributed by atoms with Crippen LogP contribution in [-0.4, -0.2) is 68.5 Å². The third-order valence-corrected chi connectivity index (χ3v) is 11.0. The molecule has 0 fully saturated rings. The highest BCUT2D eigenvalue weighted by Gasteiger charge is 2.23. The summed E-state index contributed by atoms with van der Waals surface area (Å²) in [6, 6.07) is -0.930. The van der Waals surface area contributed by atoms with Crippen molar-refractivity contribution in [2.45, 2.75) is 167 Å². The molecule has 3 atom stereocenters. The van der Waals surface area contributed by atoms with Crippen molar-refractivity contribution >= 4 is 13.7 Å². The number of hydrogen-bond donors (Lipinski definition) is 2. The largest absolute Gasteiger partial charge is 0.756 e. The second kappa shape index (κ2) is 46.5. The van der Waals surface area contributed by atoms with Gasteiger partial charge in [-0.15, -0.1) is 0 Å². The molecule has 372 valence electrons. The number of phosphoric acid groups is 1. The third-order valence-electron chi connectivity index (χ3n) is 9.99. The minimum Gasteiger partial charge on any atom is -0.756 e. The number of likely N-dealkylation sites (N-methyl/N-ethyl adjacent to an activating group) is 1. The summed E-state index contributed by atoms with van der Waals surface area (Å²) in [5.41, 5.74) is 0. The summed E-state index contributed by atoms with van der Waals surface area (Å²) < 4.78 is 23.2. The zero-order valence-corrected chi connectivity index (χ0v) is 43.0. The predicted octanol–water partition coefficient (Wildman–Crippen LogP) is 14.3. The highest BCUT2D eigenvalue weighted by molar-refractivity contribution is 7.45. The molecule has 3 unspecified atom stereocenters. The van der Waals surface area contributed by atoms with Crippen LogP contribution in [0, 0.1) is 0 Å². The molecular formula is C57H93N2O6P. The van der Waals surface area contributed by atoms with Crippen LogP contribution in [0.3, 0.4) is 0 Å².